The topological polar surface area (TPSA) is 26.3 Å². The summed E-state index contributed by atoms with van der Waals surface area (Å²) in [5.41, 5.74) is -4.58. The molecule has 504 valence electrons. The Balaban J connectivity index is 0.000000163. The second-order valence-electron chi connectivity index (χ2n) is 26.5. The Hall–Kier alpha value is -14.4. The van der Waals surface area contributed by atoms with E-state index in [1.54, 1.807) is 24.3 Å². The average Bonchev–Trinajstić information content (AvgIpc) is 0.908. The van der Waals surface area contributed by atoms with Gasteiger partial charge in [-0.1, -0.05) is 302 Å². The minimum Gasteiger partial charge on any atom is -0.455 e. The highest BCUT2D eigenvalue weighted by atomic mass is 16.3. The van der Waals surface area contributed by atoms with Gasteiger partial charge in [0, 0.05) is 32.3 Å². The summed E-state index contributed by atoms with van der Waals surface area (Å²) in [6.45, 7) is 0. The van der Waals surface area contributed by atoms with Crippen molar-refractivity contribution in [1.29, 1.82) is 0 Å². The number of benzene rings is 24. The van der Waals surface area contributed by atoms with Crippen molar-refractivity contribution in [2.24, 2.45) is 0 Å². The highest BCUT2D eigenvalue weighted by molar-refractivity contribution is 6.31. The molecule has 0 bridgehead atoms. The quantitative estimate of drug-likeness (QED) is 0.155. The monoisotopic (exact) mass is 1440 g/mol. The van der Waals surface area contributed by atoms with Crippen LogP contribution in [0.25, 0.3) is 261 Å². The standard InChI is InChI=1S/2C54H30O/c2*1-2-11-44-31(6-1)18-27-47-53-43(12-5-13-48(53)55-54(44)47)40-29-38(41-23-19-36-16-14-32-7-3-9-34-21-25-45(41)51(36)49(32)34)28-39(30-40)42-24-20-37-17-15-33-8-4-10-35-22-26-46(42)52(37)50(33)35/h2*1-30H/i1D,2D,3D,4D,5D,6D,7D,8D,9D,10D,11D,12D,13D,14D,15D,16D,17D,18D,19D,20D,21D,22D,23D,24D,25D,26D,27D,28D,29D,30D;3D,4D,7D,8D,9D,10D,14D,15D,16D,17D,19D,20D,21D,22D,23D,24D,25D,26D. The second kappa shape index (κ2) is 22.6. The van der Waals surface area contributed by atoms with Gasteiger partial charge in [0.1, 0.15) is 22.3 Å². The van der Waals surface area contributed by atoms with Crippen molar-refractivity contribution >= 4 is 195 Å². The third-order valence-corrected chi connectivity index (χ3v) is 20.7. The van der Waals surface area contributed by atoms with Gasteiger partial charge in [-0.25, -0.2) is 0 Å². The Kier molecular flexibility index (Phi) is 6.24. The number of rotatable bonds is 6. The predicted octanol–water partition coefficient (Wildman–Crippen LogP) is 31.1. The highest BCUT2D eigenvalue weighted by Crippen LogP contribution is 2.50. The molecule has 24 aromatic carbocycles. The molecule has 0 spiro atoms. The molecule has 0 amide bonds. The van der Waals surface area contributed by atoms with E-state index in [9.17, 15) is 34.3 Å². The molecule has 2 aromatic heterocycles. The van der Waals surface area contributed by atoms with Gasteiger partial charge < -0.3 is 8.83 Å². The van der Waals surface area contributed by atoms with E-state index < -0.39 is 410 Å². The zero-order valence-electron chi connectivity index (χ0n) is 104. The van der Waals surface area contributed by atoms with Gasteiger partial charge in [0.15, 0.2) is 0 Å². The molecule has 110 heavy (non-hydrogen) atoms. The number of hydrogen-bond donors (Lipinski definition) is 0. The van der Waals surface area contributed by atoms with Gasteiger partial charge in [-0.05, 0) is 267 Å². The van der Waals surface area contributed by atoms with Gasteiger partial charge in [-0.3, -0.25) is 0 Å². The molecular weight excluding hydrogens is 1330 g/mol. The second-order valence-corrected chi connectivity index (χ2v) is 26.5. The molecule has 0 saturated carbocycles. The Labute approximate surface area is 697 Å². The molecule has 0 aliphatic carbocycles. The van der Waals surface area contributed by atoms with Gasteiger partial charge in [0.05, 0.1) is 65.8 Å². The zero-order chi connectivity index (χ0) is 113. The first-order chi connectivity index (χ1) is 74.6. The van der Waals surface area contributed by atoms with E-state index in [4.69, 9.17) is 40.4 Å². The molecule has 2 heteroatoms. The van der Waals surface area contributed by atoms with Crippen molar-refractivity contribution in [3.8, 4) is 66.8 Å². The van der Waals surface area contributed by atoms with Crippen molar-refractivity contribution in [2.75, 3.05) is 0 Å². The molecule has 0 fully saturated rings. The van der Waals surface area contributed by atoms with Crippen LogP contribution in [0.5, 0.6) is 0 Å². The molecule has 0 radical (unpaired) electrons. The van der Waals surface area contributed by atoms with Gasteiger partial charge in [0.25, 0.3) is 0 Å². The molecule has 0 aliphatic rings. The maximum atomic E-state index is 10.4. The Bertz CT molecular complexity index is 11000. The lowest BCUT2D eigenvalue weighted by Gasteiger charge is -2.18. The highest BCUT2D eigenvalue weighted by Gasteiger charge is 2.24. The molecule has 0 aliphatic heterocycles. The predicted molar refractivity (Wildman–Crippen MR) is 470 cm³/mol. The zero-order valence-corrected chi connectivity index (χ0v) is 55.7. The first-order valence-corrected chi connectivity index (χ1v) is 34.3. The molecule has 2 nitrogen and oxygen atoms in total. The van der Waals surface area contributed by atoms with Crippen molar-refractivity contribution in [3.05, 3.63) is 363 Å². The summed E-state index contributed by atoms with van der Waals surface area (Å²) in [4.78, 5) is 0. The third kappa shape index (κ3) is 8.59. The van der Waals surface area contributed by atoms with Crippen LogP contribution in [0.15, 0.2) is 372 Å². The molecule has 0 unspecified atom stereocenters. The van der Waals surface area contributed by atoms with Crippen LogP contribution in [0, 0.1) is 0 Å². The molecule has 26 aromatic rings. The van der Waals surface area contributed by atoms with E-state index in [-0.39, 0.29) is 97.7 Å². The molecule has 0 atom stereocenters. The average molecular weight is 1440 g/mol. The Morgan fingerprint density at radius 3 is 1.02 bits per heavy atom. The van der Waals surface area contributed by atoms with Crippen molar-refractivity contribution in [3.63, 3.8) is 0 Å². The summed E-state index contributed by atoms with van der Waals surface area (Å²) in [7, 11) is 0. The molecular formula is C108H60O2. The van der Waals surface area contributed by atoms with Crippen LogP contribution < -0.4 is 0 Å². The van der Waals surface area contributed by atoms with Crippen molar-refractivity contribution in [2.45, 2.75) is 0 Å². The van der Waals surface area contributed by atoms with Crippen LogP contribution >= 0.6 is 0 Å². The van der Waals surface area contributed by atoms with E-state index >= 15 is 0 Å². The van der Waals surface area contributed by atoms with Gasteiger partial charge >= 0.3 is 0 Å². The molecule has 0 N–H and O–H groups in total. The molecule has 26 rings (SSSR count). The normalized spacial score (nSPS) is 18.5. The SMILES string of the molecule is [2H]c1c(-c2c([2H])c([2H])c3c([2H])c([2H])c4c([2H])c([2H])c([2H])c5c([2H])c([2H])c2c3c45)c([2H])c(-c2c([2H])c([2H])c([2H])c3oc4c5c([2H])c([2H])c([2H])c([2H])c5c([2H])c([2H])c4c23)c([2H])c1-c1c([2H])c([2H])c2c([2H])c([2H])c3c([2H])c([2H])c([2H])c4c([2H])c([2H])c1c2c34.[2H]c1c([2H])c2c([2H])c([2H])c3c([2H])c([2H])c(-c4cc(-c5c([2H])c([2H])c6c([2H])c([2H])c7c([2H])c([2H])c([2H])c8c([2H])c([2H])c5c6c78)cc(-c5cccc6oc7c8ccccc8ccc7c56)c4)c4c([2H])c([2H])c(c1[2H])c2c34. The maximum Gasteiger partial charge on any atom is 0.143 e. The summed E-state index contributed by atoms with van der Waals surface area (Å²) in [5, 5.41) is -6.76. The lowest BCUT2D eigenvalue weighted by Crippen LogP contribution is -1.91. The summed E-state index contributed by atoms with van der Waals surface area (Å²) in [6, 6.07) is -14.7. The first-order valence-electron chi connectivity index (χ1n) is 58.3. The van der Waals surface area contributed by atoms with Crippen LogP contribution in [0.1, 0.15) is 65.8 Å². The van der Waals surface area contributed by atoms with E-state index in [1.165, 1.54) is 6.07 Å². The fourth-order valence-corrected chi connectivity index (χ4v) is 15.9. The number of fused-ring (bicyclic) bond motifs is 10. The first kappa shape index (κ1) is 30.4. The van der Waals surface area contributed by atoms with E-state index in [2.05, 4.69) is 0 Å². The number of furan rings is 2. The van der Waals surface area contributed by atoms with Crippen LogP contribution in [0.3, 0.4) is 0 Å². The minimum atomic E-state index is -1.13. The van der Waals surface area contributed by atoms with Crippen molar-refractivity contribution < 1.29 is 74.6 Å². The summed E-state index contributed by atoms with van der Waals surface area (Å²) in [5.74, 6) is 0. The van der Waals surface area contributed by atoms with Crippen LogP contribution in [-0.2, 0) is 0 Å². The van der Waals surface area contributed by atoms with Gasteiger partial charge in [0.2, 0.25) is 0 Å². The van der Waals surface area contributed by atoms with E-state index in [1.807, 2.05) is 42.5 Å². The fraction of sp³-hybridized carbons (Fsp3) is 0. The van der Waals surface area contributed by atoms with Crippen LogP contribution in [0.2, 0.25) is 0 Å². The Morgan fingerprint density at radius 2 is 0.527 bits per heavy atom. The minimum absolute atomic E-state index is 0.0308. The summed E-state index contributed by atoms with van der Waals surface area (Å²) in [6.07, 6.45) is 0. The maximum absolute atomic E-state index is 10.4. The van der Waals surface area contributed by atoms with E-state index in [0.29, 0.717) is 27.7 Å². The lowest BCUT2D eigenvalue weighted by atomic mass is 9.85. The molecule has 0 saturated heterocycles. The van der Waals surface area contributed by atoms with Gasteiger partial charge in [-0.15, -0.1) is 0 Å². The van der Waals surface area contributed by atoms with Gasteiger partial charge in [-0.2, -0.15) is 0 Å². The Morgan fingerprint density at radius 1 is 0.173 bits per heavy atom. The van der Waals surface area contributed by atoms with Crippen LogP contribution in [-0.4, -0.2) is 0 Å². The van der Waals surface area contributed by atoms with E-state index in [0.717, 1.165) is 16.2 Å². The number of hydrogen-bond acceptors (Lipinski definition) is 2. The smallest absolute Gasteiger partial charge is 0.143 e. The van der Waals surface area contributed by atoms with Crippen LogP contribution in [0.4, 0.5) is 0 Å². The summed E-state index contributed by atoms with van der Waals surface area (Å²) >= 11 is 0. The largest absolute Gasteiger partial charge is 0.455 e. The van der Waals surface area contributed by atoms with Crippen molar-refractivity contribution in [1.82, 2.24) is 0 Å². The lowest BCUT2D eigenvalue weighted by molar-refractivity contribution is 0.672. The fourth-order valence-electron chi connectivity index (χ4n) is 15.9. The third-order valence-electron chi connectivity index (χ3n) is 20.7. The summed E-state index contributed by atoms with van der Waals surface area (Å²) < 4.78 is 457. The molecule has 2 heterocycles.